The number of hydrogen-bond donors (Lipinski definition) is 0. The average molecular weight is 125 g/mol. The molecule has 0 bridgehead atoms. The first-order valence-electron chi connectivity index (χ1n) is 2.74. The van der Waals surface area contributed by atoms with E-state index in [0.29, 0.717) is 6.42 Å². The molecule has 9 heavy (non-hydrogen) atoms. The van der Waals surface area contributed by atoms with E-state index in [1.54, 1.807) is 0 Å². The summed E-state index contributed by atoms with van der Waals surface area (Å²) in [5.74, 6) is 1.86. The van der Waals surface area contributed by atoms with Crippen LogP contribution in [0.5, 0.6) is 0 Å². The van der Waals surface area contributed by atoms with Crippen molar-refractivity contribution in [2.24, 2.45) is 0 Å². The lowest BCUT2D eigenvalue weighted by Gasteiger charge is -1.95. The van der Waals surface area contributed by atoms with Gasteiger partial charge in [-0.05, 0) is 6.42 Å². The van der Waals surface area contributed by atoms with Crippen LogP contribution in [0.1, 0.15) is 13.3 Å². The van der Waals surface area contributed by atoms with Gasteiger partial charge >= 0.3 is 5.97 Å². The second kappa shape index (κ2) is 5.17. The molecule has 2 nitrogen and oxygen atoms in total. The Labute approximate surface area is 55.2 Å². The summed E-state index contributed by atoms with van der Waals surface area (Å²) in [5, 5.41) is 0. The molecule has 0 fully saturated rings. The first-order valence-corrected chi connectivity index (χ1v) is 2.74. The van der Waals surface area contributed by atoms with Gasteiger partial charge in [0, 0.05) is 0 Å². The van der Waals surface area contributed by atoms with E-state index in [1.807, 2.05) is 6.92 Å². The Hall–Kier alpha value is -0.970. The van der Waals surface area contributed by atoms with E-state index in [9.17, 15) is 4.79 Å². The molecule has 0 aromatic heterocycles. The summed E-state index contributed by atoms with van der Waals surface area (Å²) in [6.45, 7) is 1.92. The summed E-state index contributed by atoms with van der Waals surface area (Å²) >= 11 is 0. The molecule has 0 amide bonds. The third-order valence-electron chi connectivity index (χ3n) is 0.669. The lowest BCUT2D eigenvalue weighted by molar-refractivity contribution is -0.138. The number of carbonyl (C=O) groups excluding carboxylic acids is 1. The quantitative estimate of drug-likeness (QED) is 0.411. The molecular formula is C7H9O2. The topological polar surface area (TPSA) is 26.3 Å². The first-order chi connectivity index (χ1) is 4.31. The van der Waals surface area contributed by atoms with Gasteiger partial charge in [-0.25, -0.2) is 0 Å². The van der Waals surface area contributed by atoms with Crippen LogP contribution in [0.25, 0.3) is 0 Å². The molecule has 0 aromatic carbocycles. The van der Waals surface area contributed by atoms with Gasteiger partial charge in [0.15, 0.2) is 6.61 Å². The average Bonchev–Trinajstić information content (AvgIpc) is 1.85. The van der Waals surface area contributed by atoms with Gasteiger partial charge in [0.25, 0.3) is 0 Å². The molecule has 0 saturated carbocycles. The molecule has 0 aromatic rings. The van der Waals surface area contributed by atoms with Gasteiger partial charge in [-0.1, -0.05) is 12.8 Å². The third-order valence-corrected chi connectivity index (χ3v) is 0.669. The van der Waals surface area contributed by atoms with Crippen molar-refractivity contribution < 1.29 is 9.53 Å². The second-order valence-electron chi connectivity index (χ2n) is 1.42. The minimum Gasteiger partial charge on any atom is -0.452 e. The largest absolute Gasteiger partial charge is 0.452 e. The number of ether oxygens (including phenoxy) is 1. The Morgan fingerprint density at radius 2 is 2.56 bits per heavy atom. The van der Waals surface area contributed by atoms with E-state index in [0.717, 1.165) is 0 Å². The van der Waals surface area contributed by atoms with E-state index in [-0.39, 0.29) is 12.6 Å². The predicted octanol–water partition coefficient (Wildman–Crippen LogP) is 0.777. The van der Waals surface area contributed by atoms with Crippen molar-refractivity contribution in [2.75, 3.05) is 6.61 Å². The van der Waals surface area contributed by atoms with Crippen molar-refractivity contribution in [3.8, 4) is 12.3 Å². The highest BCUT2D eigenvalue weighted by molar-refractivity contribution is 5.78. The highest BCUT2D eigenvalue weighted by atomic mass is 16.5. The number of terminal acetylenes is 1. The number of carbonyl (C=O) groups is 1. The Bertz CT molecular complexity index is 121. The zero-order chi connectivity index (χ0) is 7.11. The van der Waals surface area contributed by atoms with E-state index in [2.05, 4.69) is 10.7 Å². The first kappa shape index (κ1) is 8.03. The van der Waals surface area contributed by atoms with Gasteiger partial charge < -0.3 is 4.74 Å². The third kappa shape index (κ3) is 4.89. The summed E-state index contributed by atoms with van der Waals surface area (Å²) < 4.78 is 4.50. The van der Waals surface area contributed by atoms with E-state index >= 15 is 0 Å². The maximum Gasteiger partial charge on any atom is 0.310 e. The Morgan fingerprint density at radius 3 is 3.00 bits per heavy atom. The minimum absolute atomic E-state index is 0.0648. The normalized spacial score (nSPS) is 8.00. The minimum atomic E-state index is -0.338. The van der Waals surface area contributed by atoms with Crippen LogP contribution in [-0.4, -0.2) is 12.6 Å². The molecule has 0 rings (SSSR count). The highest BCUT2D eigenvalue weighted by Crippen LogP contribution is 1.87. The van der Waals surface area contributed by atoms with Crippen LogP contribution in [-0.2, 0) is 9.53 Å². The standard InChI is InChI=1S/C7H9O2/c1-3-5-7(8)9-6-4-2/h2,5H,3,6H2,1H3. The lowest BCUT2D eigenvalue weighted by Crippen LogP contribution is -2.03. The fraction of sp³-hybridized carbons (Fsp3) is 0.429. The summed E-state index contributed by atoms with van der Waals surface area (Å²) in [4.78, 5) is 10.4. The van der Waals surface area contributed by atoms with Gasteiger partial charge in [0.1, 0.15) is 0 Å². The second-order valence-corrected chi connectivity index (χ2v) is 1.42. The van der Waals surface area contributed by atoms with E-state index in [1.165, 1.54) is 6.42 Å². The molecule has 0 spiro atoms. The van der Waals surface area contributed by atoms with Crippen LogP contribution in [0, 0.1) is 18.8 Å². The molecule has 2 heteroatoms. The lowest BCUT2D eigenvalue weighted by atomic mass is 10.3. The zero-order valence-corrected chi connectivity index (χ0v) is 5.39. The molecule has 49 valence electrons. The van der Waals surface area contributed by atoms with Crippen LogP contribution < -0.4 is 0 Å². The van der Waals surface area contributed by atoms with Gasteiger partial charge in [-0.3, -0.25) is 4.79 Å². The van der Waals surface area contributed by atoms with Crippen LogP contribution in [0.3, 0.4) is 0 Å². The zero-order valence-electron chi connectivity index (χ0n) is 5.39. The molecular weight excluding hydrogens is 116 g/mol. The Kier molecular flexibility index (Phi) is 4.61. The van der Waals surface area contributed by atoms with Gasteiger partial charge in [0.05, 0.1) is 6.42 Å². The van der Waals surface area contributed by atoms with Crippen LogP contribution in [0.2, 0.25) is 0 Å². The smallest absolute Gasteiger partial charge is 0.310 e. The maximum absolute atomic E-state index is 10.4. The molecule has 0 aliphatic carbocycles. The summed E-state index contributed by atoms with van der Waals surface area (Å²) in [5.41, 5.74) is 0. The van der Waals surface area contributed by atoms with Crippen molar-refractivity contribution in [2.45, 2.75) is 13.3 Å². The van der Waals surface area contributed by atoms with Gasteiger partial charge in [-0.15, -0.1) is 6.42 Å². The van der Waals surface area contributed by atoms with Crippen molar-refractivity contribution in [3.63, 3.8) is 0 Å². The van der Waals surface area contributed by atoms with Crippen LogP contribution in [0.15, 0.2) is 0 Å². The summed E-state index contributed by atoms with van der Waals surface area (Å²) in [7, 11) is 0. The number of hydrogen-bond acceptors (Lipinski definition) is 2. The maximum atomic E-state index is 10.4. The number of esters is 1. The molecule has 0 aliphatic heterocycles. The fourth-order valence-corrected chi connectivity index (χ4v) is 0.338. The summed E-state index contributed by atoms with van der Waals surface area (Å²) in [6.07, 6.45) is 6.96. The van der Waals surface area contributed by atoms with Gasteiger partial charge in [0.2, 0.25) is 0 Å². The van der Waals surface area contributed by atoms with Crippen LogP contribution in [0.4, 0.5) is 0 Å². The molecule has 0 atom stereocenters. The van der Waals surface area contributed by atoms with Gasteiger partial charge in [-0.2, -0.15) is 0 Å². The molecule has 0 N–H and O–H groups in total. The Morgan fingerprint density at radius 1 is 1.89 bits per heavy atom. The molecule has 0 unspecified atom stereocenters. The predicted molar refractivity (Wildman–Crippen MR) is 34.4 cm³/mol. The SMILES string of the molecule is C#CCOC(=O)[CH]CC. The van der Waals surface area contributed by atoms with Crippen molar-refractivity contribution in [3.05, 3.63) is 6.42 Å². The van der Waals surface area contributed by atoms with E-state index < -0.39 is 0 Å². The van der Waals surface area contributed by atoms with Crippen molar-refractivity contribution in [1.82, 2.24) is 0 Å². The monoisotopic (exact) mass is 125 g/mol. The molecule has 1 radical (unpaired) electrons. The fourth-order valence-electron chi connectivity index (χ4n) is 0.338. The number of rotatable bonds is 3. The van der Waals surface area contributed by atoms with E-state index in [4.69, 9.17) is 6.42 Å². The molecule has 0 aliphatic rings. The molecule has 0 heterocycles. The van der Waals surface area contributed by atoms with Crippen molar-refractivity contribution in [1.29, 1.82) is 0 Å². The molecule has 0 saturated heterocycles. The van der Waals surface area contributed by atoms with Crippen LogP contribution >= 0.6 is 0 Å². The van der Waals surface area contributed by atoms with Crippen molar-refractivity contribution >= 4 is 5.97 Å². The summed E-state index contributed by atoms with van der Waals surface area (Å²) in [6, 6.07) is 0. The highest BCUT2D eigenvalue weighted by Gasteiger charge is 1.97. The Balaban J connectivity index is 3.19.